The number of hydrogen-bond donors (Lipinski definition) is 1. The molecule has 0 fully saturated rings. The molecule has 0 saturated heterocycles. The zero-order valence-corrected chi connectivity index (χ0v) is 7.25. The Morgan fingerprint density at radius 3 is 2.77 bits per heavy atom. The number of nitrogens with zero attached hydrogens (tertiary/aromatic N) is 1. The molecular weight excluding hydrogens is 160 g/mol. The molecule has 0 radical (unpaired) electrons. The summed E-state index contributed by atoms with van der Waals surface area (Å²) in [4.78, 5) is 0. The molecule has 0 saturated carbocycles. The van der Waals surface area contributed by atoms with Crippen LogP contribution in [0.15, 0.2) is 24.3 Å². The lowest BCUT2D eigenvalue weighted by atomic mass is 10.1. The van der Waals surface area contributed by atoms with Gasteiger partial charge in [0.1, 0.15) is 0 Å². The molecule has 0 aliphatic heterocycles. The van der Waals surface area contributed by atoms with Crippen molar-refractivity contribution >= 4 is 0 Å². The molecule has 2 N–H and O–H groups in total. The van der Waals surface area contributed by atoms with E-state index in [9.17, 15) is 0 Å². The Kier molecular flexibility index (Phi) is 3.57. The maximum absolute atomic E-state index is 8.30. The SMILES string of the molecule is N#CC#Cc1ccccc1CCN. The first kappa shape index (κ1) is 9.32. The van der Waals surface area contributed by atoms with E-state index in [-0.39, 0.29) is 0 Å². The van der Waals surface area contributed by atoms with Crippen molar-refractivity contribution in [2.75, 3.05) is 6.54 Å². The molecule has 0 unspecified atom stereocenters. The Bertz CT molecular complexity index is 377. The highest BCUT2D eigenvalue weighted by atomic mass is 14.5. The van der Waals surface area contributed by atoms with Gasteiger partial charge >= 0.3 is 0 Å². The summed E-state index contributed by atoms with van der Waals surface area (Å²) in [5.41, 5.74) is 7.45. The van der Waals surface area contributed by atoms with Crippen LogP contribution < -0.4 is 5.73 Å². The summed E-state index contributed by atoms with van der Waals surface area (Å²) in [7, 11) is 0. The number of nitrogens with two attached hydrogens (primary N) is 1. The molecular formula is C11H10N2. The normalized spacial score (nSPS) is 8.31. The highest BCUT2D eigenvalue weighted by Gasteiger charge is 1.96. The van der Waals surface area contributed by atoms with E-state index in [1.807, 2.05) is 24.3 Å². The fraction of sp³-hybridized carbons (Fsp3) is 0.182. The molecule has 13 heavy (non-hydrogen) atoms. The maximum atomic E-state index is 8.30. The third-order valence-electron chi connectivity index (χ3n) is 1.68. The molecule has 0 aliphatic carbocycles. The van der Waals surface area contributed by atoms with Gasteiger partial charge in [0.2, 0.25) is 0 Å². The smallest absolute Gasteiger partial charge is 0.152 e. The van der Waals surface area contributed by atoms with Crippen LogP contribution >= 0.6 is 0 Å². The molecule has 0 heterocycles. The van der Waals surface area contributed by atoms with Gasteiger partial charge < -0.3 is 5.73 Å². The molecule has 0 atom stereocenters. The molecule has 0 spiro atoms. The summed E-state index contributed by atoms with van der Waals surface area (Å²) in [6, 6.07) is 9.52. The van der Waals surface area contributed by atoms with E-state index >= 15 is 0 Å². The van der Waals surface area contributed by atoms with Crippen LogP contribution in [0, 0.1) is 23.2 Å². The van der Waals surface area contributed by atoms with Crippen molar-refractivity contribution in [3.05, 3.63) is 35.4 Å². The van der Waals surface area contributed by atoms with Gasteiger partial charge in [-0.1, -0.05) is 24.1 Å². The van der Waals surface area contributed by atoms with Crippen molar-refractivity contribution in [3.63, 3.8) is 0 Å². The Morgan fingerprint density at radius 1 is 1.31 bits per heavy atom. The van der Waals surface area contributed by atoms with Crippen molar-refractivity contribution in [1.29, 1.82) is 5.26 Å². The quantitative estimate of drug-likeness (QED) is 0.675. The number of nitriles is 1. The monoisotopic (exact) mass is 170 g/mol. The summed E-state index contributed by atoms with van der Waals surface area (Å²) in [5.74, 6) is 5.16. The maximum Gasteiger partial charge on any atom is 0.152 e. The van der Waals surface area contributed by atoms with E-state index in [0.29, 0.717) is 6.54 Å². The highest BCUT2D eigenvalue weighted by Crippen LogP contribution is 2.06. The average Bonchev–Trinajstić information content (AvgIpc) is 2.17. The first-order chi connectivity index (χ1) is 6.38. The second kappa shape index (κ2) is 4.98. The third kappa shape index (κ3) is 2.63. The lowest BCUT2D eigenvalue weighted by Crippen LogP contribution is -2.03. The van der Waals surface area contributed by atoms with Crippen LogP contribution in [0.3, 0.4) is 0 Å². The standard InChI is InChI=1S/C11H10N2/c12-8-3-6-10-4-1-2-5-11(10)7-9-13/h1-2,4-5H,7,9,13H2. The average molecular weight is 170 g/mol. The summed E-state index contributed by atoms with van der Waals surface area (Å²) in [6.07, 6.45) is 0.802. The molecule has 2 heteroatoms. The van der Waals surface area contributed by atoms with Gasteiger partial charge in [-0.2, -0.15) is 5.26 Å². The third-order valence-corrected chi connectivity index (χ3v) is 1.68. The Hall–Kier alpha value is -1.77. The molecule has 1 rings (SSSR count). The Morgan fingerprint density at radius 2 is 2.08 bits per heavy atom. The number of benzene rings is 1. The van der Waals surface area contributed by atoms with Crippen molar-refractivity contribution < 1.29 is 0 Å². The van der Waals surface area contributed by atoms with Crippen molar-refractivity contribution in [1.82, 2.24) is 0 Å². The van der Waals surface area contributed by atoms with Gasteiger partial charge in [0, 0.05) is 11.5 Å². The molecule has 0 aromatic heterocycles. The van der Waals surface area contributed by atoms with Gasteiger partial charge in [-0.15, -0.1) is 0 Å². The van der Waals surface area contributed by atoms with Gasteiger partial charge in [-0.25, -0.2) is 0 Å². The number of rotatable bonds is 2. The van der Waals surface area contributed by atoms with Gasteiger partial charge in [0.25, 0.3) is 0 Å². The number of hydrogen-bond acceptors (Lipinski definition) is 2. The fourth-order valence-corrected chi connectivity index (χ4v) is 1.11. The van der Waals surface area contributed by atoms with Gasteiger partial charge in [0.05, 0.1) is 0 Å². The molecule has 0 bridgehead atoms. The van der Waals surface area contributed by atoms with E-state index in [2.05, 4.69) is 11.8 Å². The Labute approximate surface area is 78.0 Å². The predicted octanol–water partition coefficient (Wildman–Crippen LogP) is 1.06. The van der Waals surface area contributed by atoms with Crippen LogP contribution in [0.5, 0.6) is 0 Å². The topological polar surface area (TPSA) is 49.8 Å². The fourth-order valence-electron chi connectivity index (χ4n) is 1.11. The van der Waals surface area contributed by atoms with E-state index < -0.39 is 0 Å². The van der Waals surface area contributed by atoms with Crippen molar-refractivity contribution in [2.45, 2.75) is 6.42 Å². The van der Waals surface area contributed by atoms with Crippen LogP contribution in [0.1, 0.15) is 11.1 Å². The summed E-state index contributed by atoms with van der Waals surface area (Å²) in [5, 5.41) is 8.30. The summed E-state index contributed by atoms with van der Waals surface area (Å²) < 4.78 is 0. The van der Waals surface area contributed by atoms with Gasteiger partial charge in [0.15, 0.2) is 6.07 Å². The molecule has 64 valence electrons. The van der Waals surface area contributed by atoms with Crippen molar-refractivity contribution in [3.8, 4) is 17.9 Å². The predicted molar refractivity (Wildman–Crippen MR) is 51.7 cm³/mol. The largest absolute Gasteiger partial charge is 0.330 e. The van der Waals surface area contributed by atoms with Crippen molar-refractivity contribution in [2.24, 2.45) is 5.73 Å². The minimum Gasteiger partial charge on any atom is -0.330 e. The lowest BCUT2D eigenvalue weighted by molar-refractivity contribution is 0.965. The van der Waals surface area contributed by atoms with Crippen LogP contribution in [0.25, 0.3) is 0 Å². The molecule has 2 nitrogen and oxygen atoms in total. The van der Waals surface area contributed by atoms with E-state index in [0.717, 1.165) is 17.5 Å². The summed E-state index contributed by atoms with van der Waals surface area (Å²) >= 11 is 0. The van der Waals surface area contributed by atoms with Crippen LogP contribution in [-0.4, -0.2) is 6.54 Å². The highest BCUT2D eigenvalue weighted by molar-refractivity contribution is 5.43. The molecule has 1 aromatic rings. The second-order valence-electron chi connectivity index (χ2n) is 2.56. The van der Waals surface area contributed by atoms with E-state index in [1.54, 1.807) is 6.07 Å². The van der Waals surface area contributed by atoms with Gasteiger partial charge in [-0.3, -0.25) is 0 Å². The lowest BCUT2D eigenvalue weighted by Gasteiger charge is -2.00. The minimum atomic E-state index is 0.602. The van der Waals surface area contributed by atoms with Crippen LogP contribution in [-0.2, 0) is 6.42 Å². The second-order valence-corrected chi connectivity index (χ2v) is 2.56. The zero-order valence-electron chi connectivity index (χ0n) is 7.25. The molecule has 1 aromatic carbocycles. The first-order valence-corrected chi connectivity index (χ1v) is 4.06. The first-order valence-electron chi connectivity index (χ1n) is 4.06. The zero-order chi connectivity index (χ0) is 9.52. The van der Waals surface area contributed by atoms with E-state index in [1.165, 1.54) is 0 Å². The van der Waals surface area contributed by atoms with Crippen LogP contribution in [0.2, 0.25) is 0 Å². The Balaban J connectivity index is 2.99. The minimum absolute atomic E-state index is 0.602. The summed E-state index contributed by atoms with van der Waals surface area (Å²) in [6.45, 7) is 0.602. The van der Waals surface area contributed by atoms with Gasteiger partial charge in [-0.05, 0) is 24.6 Å². The molecule has 0 aliphatic rings. The van der Waals surface area contributed by atoms with E-state index in [4.69, 9.17) is 11.0 Å². The molecule has 0 amide bonds. The van der Waals surface area contributed by atoms with Crippen LogP contribution in [0.4, 0.5) is 0 Å².